The molecule has 0 aliphatic heterocycles. The zero-order valence-electron chi connectivity index (χ0n) is 17.8. The fourth-order valence-corrected chi connectivity index (χ4v) is 3.96. The first-order valence-corrected chi connectivity index (χ1v) is 10.8. The summed E-state index contributed by atoms with van der Waals surface area (Å²) in [5, 5.41) is 3.31. The Morgan fingerprint density at radius 3 is 2.42 bits per heavy atom. The lowest BCUT2D eigenvalue weighted by Crippen LogP contribution is -2.12. The van der Waals surface area contributed by atoms with E-state index in [0.29, 0.717) is 17.2 Å². The van der Waals surface area contributed by atoms with Crippen molar-refractivity contribution in [1.29, 1.82) is 0 Å². The normalized spacial score (nSPS) is 10.8. The summed E-state index contributed by atoms with van der Waals surface area (Å²) >= 11 is 1.37. The van der Waals surface area contributed by atoms with Gasteiger partial charge in [-0.1, -0.05) is 42.5 Å². The number of rotatable bonds is 8. The van der Waals surface area contributed by atoms with Crippen LogP contribution in [0.2, 0.25) is 0 Å². The van der Waals surface area contributed by atoms with Gasteiger partial charge >= 0.3 is 5.97 Å². The van der Waals surface area contributed by atoms with Crippen LogP contribution in [-0.4, -0.2) is 18.5 Å². The highest BCUT2D eigenvalue weighted by Crippen LogP contribution is 2.33. The van der Waals surface area contributed by atoms with Crippen LogP contribution in [0, 0.1) is 13.8 Å². The maximum atomic E-state index is 12.4. The molecule has 6 heteroatoms. The lowest BCUT2D eigenvalue weighted by Gasteiger charge is -2.06. The molecule has 3 rings (SSSR count). The van der Waals surface area contributed by atoms with E-state index in [9.17, 15) is 9.59 Å². The molecule has 0 saturated heterocycles. The summed E-state index contributed by atoms with van der Waals surface area (Å²) in [6.07, 6.45) is 3.16. The van der Waals surface area contributed by atoms with Crippen LogP contribution in [-0.2, 0) is 16.1 Å². The zero-order chi connectivity index (χ0) is 22.2. The predicted molar refractivity (Wildman–Crippen MR) is 125 cm³/mol. The largest absolute Gasteiger partial charge is 0.489 e. The van der Waals surface area contributed by atoms with Gasteiger partial charge in [0.2, 0.25) is 5.91 Å². The molecule has 160 valence electrons. The van der Waals surface area contributed by atoms with Crippen LogP contribution < -0.4 is 10.1 Å². The molecule has 0 bridgehead atoms. The Balaban J connectivity index is 1.60. The lowest BCUT2D eigenvalue weighted by atomic mass is 10.1. The lowest BCUT2D eigenvalue weighted by molar-refractivity contribution is -0.111. The number of anilines is 1. The second-order valence-corrected chi connectivity index (χ2v) is 8.10. The number of benzene rings is 2. The van der Waals surface area contributed by atoms with Crippen molar-refractivity contribution in [3.05, 3.63) is 87.8 Å². The molecule has 5 nitrogen and oxygen atoms in total. The van der Waals surface area contributed by atoms with Crippen molar-refractivity contribution in [2.75, 3.05) is 11.9 Å². The monoisotopic (exact) mass is 435 g/mol. The second-order valence-electron chi connectivity index (χ2n) is 6.87. The van der Waals surface area contributed by atoms with Crippen LogP contribution in [0.1, 0.15) is 38.8 Å². The Bertz CT molecular complexity index is 1070. The molecule has 0 unspecified atom stereocenters. The Morgan fingerprint density at radius 2 is 1.74 bits per heavy atom. The van der Waals surface area contributed by atoms with Gasteiger partial charge in [0.05, 0.1) is 12.2 Å². The van der Waals surface area contributed by atoms with Gasteiger partial charge in [-0.25, -0.2) is 4.79 Å². The van der Waals surface area contributed by atoms with Crippen LogP contribution in [0.25, 0.3) is 6.08 Å². The van der Waals surface area contributed by atoms with Gasteiger partial charge in [0, 0.05) is 11.0 Å². The number of ether oxygens (including phenoxy) is 2. The van der Waals surface area contributed by atoms with Gasteiger partial charge < -0.3 is 14.8 Å². The maximum absolute atomic E-state index is 12.4. The minimum Gasteiger partial charge on any atom is -0.489 e. The average Bonchev–Trinajstić information content (AvgIpc) is 3.05. The summed E-state index contributed by atoms with van der Waals surface area (Å²) in [5.41, 5.74) is 3.22. The van der Waals surface area contributed by atoms with Gasteiger partial charge in [-0.15, -0.1) is 11.3 Å². The number of aryl methyl sites for hydroxylation is 1. The number of hydrogen-bond acceptors (Lipinski definition) is 5. The van der Waals surface area contributed by atoms with E-state index in [2.05, 4.69) is 5.32 Å². The number of nitrogens with one attached hydrogen (secondary N) is 1. The number of carbonyl (C=O) groups is 2. The summed E-state index contributed by atoms with van der Waals surface area (Å²) in [6, 6.07) is 17.5. The van der Waals surface area contributed by atoms with E-state index in [-0.39, 0.29) is 12.5 Å². The molecule has 0 aliphatic rings. The highest BCUT2D eigenvalue weighted by atomic mass is 32.1. The van der Waals surface area contributed by atoms with Crippen molar-refractivity contribution in [3.63, 3.8) is 0 Å². The van der Waals surface area contributed by atoms with Crippen LogP contribution >= 0.6 is 11.3 Å². The zero-order valence-corrected chi connectivity index (χ0v) is 18.6. The molecule has 0 radical (unpaired) electrons. The SMILES string of the molecule is CCOC(=O)c1c(NC(=O)/C=C/c2ccc(OCc3ccccc3)cc2)sc(C)c1C. The Labute approximate surface area is 186 Å². The van der Waals surface area contributed by atoms with E-state index in [0.717, 1.165) is 27.3 Å². The minimum atomic E-state index is -0.422. The molecular formula is C25H25NO4S. The average molecular weight is 436 g/mol. The van der Waals surface area contributed by atoms with E-state index in [1.54, 1.807) is 13.0 Å². The Hall–Kier alpha value is -3.38. The Morgan fingerprint density at radius 1 is 1.03 bits per heavy atom. The molecule has 3 aromatic rings. The van der Waals surface area contributed by atoms with Gasteiger partial charge in [0.15, 0.2) is 0 Å². The second kappa shape index (κ2) is 10.6. The summed E-state index contributed by atoms with van der Waals surface area (Å²) in [4.78, 5) is 25.6. The molecule has 0 fully saturated rings. The molecular weight excluding hydrogens is 410 g/mol. The minimum absolute atomic E-state index is 0.283. The summed E-state index contributed by atoms with van der Waals surface area (Å²) in [5.74, 6) is 0.0278. The predicted octanol–water partition coefficient (Wildman–Crippen LogP) is 5.77. The maximum Gasteiger partial charge on any atom is 0.341 e. The van der Waals surface area contributed by atoms with Crippen molar-refractivity contribution in [3.8, 4) is 5.75 Å². The molecule has 1 aromatic heterocycles. The molecule has 2 aromatic carbocycles. The summed E-state index contributed by atoms with van der Waals surface area (Å²) in [6.45, 7) is 6.30. The molecule has 1 N–H and O–H groups in total. The van der Waals surface area contributed by atoms with E-state index < -0.39 is 5.97 Å². The van der Waals surface area contributed by atoms with Gasteiger partial charge in [-0.05, 0) is 55.7 Å². The van der Waals surface area contributed by atoms with Gasteiger partial charge in [-0.2, -0.15) is 0 Å². The van der Waals surface area contributed by atoms with Crippen molar-refractivity contribution >= 4 is 34.3 Å². The summed E-state index contributed by atoms with van der Waals surface area (Å²) < 4.78 is 10.9. The van der Waals surface area contributed by atoms with Crippen LogP contribution in [0.5, 0.6) is 5.75 Å². The number of thiophene rings is 1. The number of amides is 1. The van der Waals surface area contributed by atoms with E-state index in [1.165, 1.54) is 17.4 Å². The first kappa shape index (κ1) is 22.3. The van der Waals surface area contributed by atoms with Crippen molar-refractivity contribution < 1.29 is 19.1 Å². The number of carbonyl (C=O) groups excluding carboxylic acids is 2. The van der Waals surface area contributed by atoms with Crippen molar-refractivity contribution in [2.24, 2.45) is 0 Å². The number of esters is 1. The quantitative estimate of drug-likeness (QED) is 0.360. The van der Waals surface area contributed by atoms with Crippen LogP contribution in [0.3, 0.4) is 0 Å². The van der Waals surface area contributed by atoms with Gasteiger partial charge in [-0.3, -0.25) is 4.79 Å². The fraction of sp³-hybridized carbons (Fsp3) is 0.200. The van der Waals surface area contributed by atoms with Crippen LogP contribution in [0.15, 0.2) is 60.7 Å². The van der Waals surface area contributed by atoms with Gasteiger partial charge in [0.25, 0.3) is 0 Å². The third-order valence-corrected chi connectivity index (χ3v) is 5.78. The summed E-state index contributed by atoms with van der Waals surface area (Å²) in [7, 11) is 0. The molecule has 1 amide bonds. The molecule has 0 spiro atoms. The first-order chi connectivity index (χ1) is 15.0. The van der Waals surface area contributed by atoms with Crippen LogP contribution in [0.4, 0.5) is 5.00 Å². The molecule has 1 heterocycles. The van der Waals surface area contributed by atoms with Gasteiger partial charge in [0.1, 0.15) is 17.4 Å². The standard InChI is InChI=1S/C25H25NO4S/c1-4-29-25(28)23-17(2)18(3)31-24(23)26-22(27)15-12-19-10-13-21(14-11-19)30-16-20-8-6-5-7-9-20/h5-15H,4,16H2,1-3H3,(H,26,27)/b15-12+. The van der Waals surface area contributed by atoms with E-state index in [4.69, 9.17) is 9.47 Å². The fourth-order valence-electron chi connectivity index (χ4n) is 2.91. The topological polar surface area (TPSA) is 64.6 Å². The van der Waals surface area contributed by atoms with E-state index >= 15 is 0 Å². The Kier molecular flexibility index (Phi) is 7.62. The van der Waals surface area contributed by atoms with Crippen molar-refractivity contribution in [2.45, 2.75) is 27.4 Å². The van der Waals surface area contributed by atoms with E-state index in [1.807, 2.05) is 68.4 Å². The molecule has 31 heavy (non-hydrogen) atoms. The molecule has 0 aliphatic carbocycles. The number of hydrogen-bond donors (Lipinski definition) is 1. The first-order valence-electron chi connectivity index (χ1n) is 10.0. The molecule has 0 atom stereocenters. The highest BCUT2D eigenvalue weighted by Gasteiger charge is 2.21. The highest BCUT2D eigenvalue weighted by molar-refractivity contribution is 7.16. The third-order valence-electron chi connectivity index (χ3n) is 4.66. The van der Waals surface area contributed by atoms with Crippen molar-refractivity contribution in [1.82, 2.24) is 0 Å². The smallest absolute Gasteiger partial charge is 0.341 e. The third kappa shape index (κ3) is 6.06. The molecule has 0 saturated carbocycles.